The molecule has 7 heteroatoms. The topological polar surface area (TPSA) is 87.5 Å². The van der Waals surface area contributed by atoms with E-state index in [1.54, 1.807) is 11.9 Å². The third kappa shape index (κ3) is 6.22. The van der Waals surface area contributed by atoms with Gasteiger partial charge in [0.2, 0.25) is 11.8 Å². The lowest BCUT2D eigenvalue weighted by Gasteiger charge is -2.16. The van der Waals surface area contributed by atoms with Gasteiger partial charge < -0.3 is 16.4 Å². The van der Waals surface area contributed by atoms with Gasteiger partial charge in [0.05, 0.1) is 18.8 Å². The fraction of sp³-hybridized carbons (Fsp3) is 0.429. The van der Waals surface area contributed by atoms with Crippen LogP contribution in [0.5, 0.6) is 0 Å². The predicted octanol–water partition coefficient (Wildman–Crippen LogP) is 0.804. The van der Waals surface area contributed by atoms with Gasteiger partial charge in [0.25, 0.3) is 0 Å². The molecule has 0 fully saturated rings. The van der Waals surface area contributed by atoms with Crippen LogP contribution < -0.4 is 16.4 Å². The van der Waals surface area contributed by atoms with Crippen LogP contribution in [0.1, 0.15) is 13.3 Å². The van der Waals surface area contributed by atoms with Crippen molar-refractivity contribution in [2.75, 3.05) is 37.7 Å². The van der Waals surface area contributed by atoms with Crippen LogP contribution in [0.3, 0.4) is 0 Å². The number of nitrogen functional groups attached to an aromatic ring is 1. The average molecular weight is 296 g/mol. The molecule has 0 heterocycles. The second-order valence-electron chi connectivity index (χ2n) is 4.81. The molecule has 0 aliphatic heterocycles. The number of hydrogen-bond donors (Lipinski definition) is 3. The number of nitrogens with zero attached hydrogens (tertiary/aromatic N) is 1. The first-order chi connectivity index (χ1) is 9.92. The Morgan fingerprint density at radius 2 is 1.95 bits per heavy atom. The number of likely N-dealkylation sites (N-methyl/N-ethyl adjacent to an activating group) is 1. The van der Waals surface area contributed by atoms with Crippen LogP contribution in [0, 0.1) is 5.82 Å². The van der Waals surface area contributed by atoms with Crippen LogP contribution in [0.4, 0.5) is 15.8 Å². The largest absolute Gasteiger partial charge is 0.396 e. The minimum Gasteiger partial charge on any atom is -0.396 e. The second-order valence-corrected chi connectivity index (χ2v) is 4.81. The summed E-state index contributed by atoms with van der Waals surface area (Å²) in [5, 5.41) is 5.33. The summed E-state index contributed by atoms with van der Waals surface area (Å²) in [5.74, 6) is -0.956. The van der Waals surface area contributed by atoms with Gasteiger partial charge in [0, 0.05) is 12.2 Å². The van der Waals surface area contributed by atoms with E-state index >= 15 is 0 Å². The Morgan fingerprint density at radius 3 is 2.57 bits per heavy atom. The van der Waals surface area contributed by atoms with Crippen molar-refractivity contribution >= 4 is 23.2 Å². The zero-order valence-electron chi connectivity index (χ0n) is 12.3. The summed E-state index contributed by atoms with van der Waals surface area (Å²) in [4.78, 5) is 24.9. The number of rotatable bonds is 7. The lowest BCUT2D eigenvalue weighted by molar-refractivity contribution is -0.122. The van der Waals surface area contributed by atoms with Gasteiger partial charge in [-0.25, -0.2) is 4.39 Å². The van der Waals surface area contributed by atoms with Gasteiger partial charge in [0.1, 0.15) is 5.82 Å². The summed E-state index contributed by atoms with van der Waals surface area (Å²) < 4.78 is 13.0. The van der Waals surface area contributed by atoms with E-state index in [0.29, 0.717) is 12.2 Å². The fourth-order valence-corrected chi connectivity index (χ4v) is 1.69. The van der Waals surface area contributed by atoms with Crippen LogP contribution >= 0.6 is 0 Å². The number of nitrogens with one attached hydrogen (secondary N) is 2. The summed E-state index contributed by atoms with van der Waals surface area (Å²) in [6.07, 6.45) is 0.863. The number of carbonyl (C=O) groups is 2. The smallest absolute Gasteiger partial charge is 0.238 e. The van der Waals surface area contributed by atoms with Crippen molar-refractivity contribution in [3.63, 3.8) is 0 Å². The van der Waals surface area contributed by atoms with Crippen molar-refractivity contribution in [1.82, 2.24) is 10.2 Å². The Kier molecular flexibility index (Phi) is 6.61. The Balaban J connectivity index is 2.42. The summed E-state index contributed by atoms with van der Waals surface area (Å²) >= 11 is 0. The monoisotopic (exact) mass is 296 g/mol. The molecule has 21 heavy (non-hydrogen) atoms. The van der Waals surface area contributed by atoms with Crippen molar-refractivity contribution in [3.8, 4) is 0 Å². The van der Waals surface area contributed by atoms with Crippen LogP contribution in [0.2, 0.25) is 0 Å². The highest BCUT2D eigenvalue weighted by molar-refractivity contribution is 5.93. The third-order valence-electron chi connectivity index (χ3n) is 2.68. The van der Waals surface area contributed by atoms with Crippen LogP contribution in [0.25, 0.3) is 0 Å². The molecule has 1 aromatic carbocycles. The summed E-state index contributed by atoms with van der Waals surface area (Å²) in [6.45, 7) is 2.77. The minimum absolute atomic E-state index is 0.0277. The fourth-order valence-electron chi connectivity index (χ4n) is 1.69. The number of carbonyl (C=O) groups excluding carboxylic acids is 2. The van der Waals surface area contributed by atoms with E-state index < -0.39 is 5.82 Å². The Hall–Kier alpha value is -2.15. The van der Waals surface area contributed by atoms with E-state index in [0.717, 1.165) is 6.42 Å². The molecule has 1 aromatic rings. The zero-order valence-corrected chi connectivity index (χ0v) is 12.3. The number of hydrogen-bond acceptors (Lipinski definition) is 4. The molecule has 0 saturated carbocycles. The van der Waals surface area contributed by atoms with E-state index in [4.69, 9.17) is 5.73 Å². The molecule has 0 atom stereocenters. The van der Waals surface area contributed by atoms with E-state index in [9.17, 15) is 14.0 Å². The first-order valence-corrected chi connectivity index (χ1v) is 6.72. The normalized spacial score (nSPS) is 10.5. The highest BCUT2D eigenvalue weighted by Crippen LogP contribution is 2.16. The first kappa shape index (κ1) is 16.9. The maximum Gasteiger partial charge on any atom is 0.238 e. The Labute approximate surface area is 123 Å². The lowest BCUT2D eigenvalue weighted by Crippen LogP contribution is -2.39. The van der Waals surface area contributed by atoms with Gasteiger partial charge in [-0.3, -0.25) is 14.5 Å². The maximum absolute atomic E-state index is 13.0. The van der Waals surface area contributed by atoms with Gasteiger partial charge in [-0.1, -0.05) is 6.92 Å². The highest BCUT2D eigenvalue weighted by Gasteiger charge is 2.11. The first-order valence-electron chi connectivity index (χ1n) is 6.72. The van der Waals surface area contributed by atoms with Gasteiger partial charge >= 0.3 is 0 Å². The molecular formula is C14H21FN4O2. The zero-order chi connectivity index (χ0) is 15.8. The molecule has 0 aliphatic rings. The van der Waals surface area contributed by atoms with Crippen molar-refractivity contribution in [3.05, 3.63) is 24.0 Å². The van der Waals surface area contributed by atoms with E-state index in [1.165, 1.54) is 18.2 Å². The van der Waals surface area contributed by atoms with Crippen molar-refractivity contribution < 1.29 is 14.0 Å². The summed E-state index contributed by atoms with van der Waals surface area (Å²) in [5.41, 5.74) is 5.81. The van der Waals surface area contributed by atoms with Crippen molar-refractivity contribution in [2.45, 2.75) is 13.3 Å². The highest BCUT2D eigenvalue weighted by atomic mass is 19.1. The molecule has 0 aliphatic carbocycles. The molecule has 0 unspecified atom stereocenters. The van der Waals surface area contributed by atoms with E-state index in [-0.39, 0.29) is 30.6 Å². The lowest BCUT2D eigenvalue weighted by atomic mass is 10.2. The van der Waals surface area contributed by atoms with Crippen molar-refractivity contribution in [2.24, 2.45) is 0 Å². The van der Waals surface area contributed by atoms with Gasteiger partial charge in [-0.15, -0.1) is 0 Å². The SMILES string of the molecule is CCCNC(=O)CN(C)CC(=O)Nc1ccc(F)c(N)c1. The minimum atomic E-state index is -0.530. The summed E-state index contributed by atoms with van der Waals surface area (Å²) in [6, 6.07) is 3.96. The number of benzene rings is 1. The summed E-state index contributed by atoms with van der Waals surface area (Å²) in [7, 11) is 1.67. The van der Waals surface area contributed by atoms with Crippen LogP contribution in [-0.2, 0) is 9.59 Å². The molecule has 4 N–H and O–H groups in total. The molecule has 2 amide bonds. The molecule has 1 rings (SSSR count). The molecule has 0 radical (unpaired) electrons. The number of anilines is 2. The maximum atomic E-state index is 13.0. The number of amides is 2. The number of halogens is 1. The van der Waals surface area contributed by atoms with Gasteiger partial charge in [-0.2, -0.15) is 0 Å². The van der Waals surface area contributed by atoms with Crippen molar-refractivity contribution in [1.29, 1.82) is 0 Å². The standard InChI is InChI=1S/C14H21FN4O2/c1-3-6-17-13(20)8-19(2)9-14(21)18-10-4-5-11(15)12(16)7-10/h4-5,7H,3,6,8-9,16H2,1-2H3,(H,17,20)(H,18,21). The molecule has 116 valence electrons. The molecule has 6 nitrogen and oxygen atoms in total. The van der Waals surface area contributed by atoms with E-state index in [1.807, 2.05) is 6.92 Å². The van der Waals surface area contributed by atoms with Crippen LogP contribution in [0.15, 0.2) is 18.2 Å². The molecular weight excluding hydrogens is 275 g/mol. The number of nitrogens with two attached hydrogens (primary N) is 1. The van der Waals surface area contributed by atoms with Gasteiger partial charge in [-0.05, 0) is 31.7 Å². The third-order valence-corrected chi connectivity index (χ3v) is 2.68. The molecule has 0 bridgehead atoms. The predicted molar refractivity (Wildman–Crippen MR) is 80.2 cm³/mol. The Bertz CT molecular complexity index is 508. The van der Waals surface area contributed by atoms with Crippen LogP contribution in [-0.4, -0.2) is 43.4 Å². The molecule has 0 aromatic heterocycles. The van der Waals surface area contributed by atoms with Gasteiger partial charge in [0.15, 0.2) is 0 Å². The average Bonchev–Trinajstić information content (AvgIpc) is 2.40. The quantitative estimate of drug-likeness (QED) is 0.650. The molecule has 0 spiro atoms. The second kappa shape index (κ2) is 8.21. The Morgan fingerprint density at radius 1 is 1.29 bits per heavy atom. The van der Waals surface area contributed by atoms with E-state index in [2.05, 4.69) is 10.6 Å². The molecule has 0 saturated heterocycles.